The van der Waals surface area contributed by atoms with Crippen LogP contribution >= 0.6 is 12.4 Å². The van der Waals surface area contributed by atoms with Gasteiger partial charge in [0.05, 0.1) is 13.2 Å². The molecule has 0 aliphatic carbocycles. The molecule has 0 aromatic heterocycles. The van der Waals surface area contributed by atoms with Crippen LogP contribution in [0.15, 0.2) is 0 Å². The van der Waals surface area contributed by atoms with Crippen LogP contribution in [0.2, 0.25) is 0 Å². The number of amides is 1. The van der Waals surface area contributed by atoms with Crippen LogP contribution in [0.3, 0.4) is 0 Å². The monoisotopic (exact) mass is 279 g/mol. The number of halogens is 1. The Labute approximate surface area is 116 Å². The molecule has 5 nitrogen and oxygen atoms in total. The minimum Gasteiger partial charge on any atom is -0.383 e. The molecule has 1 heterocycles. The number of carbonyl (C=O) groups is 1. The van der Waals surface area contributed by atoms with Crippen molar-refractivity contribution in [3.05, 3.63) is 0 Å². The van der Waals surface area contributed by atoms with Crippen molar-refractivity contribution < 1.29 is 9.53 Å². The van der Waals surface area contributed by atoms with Gasteiger partial charge < -0.3 is 19.9 Å². The zero-order chi connectivity index (χ0) is 12.7. The maximum absolute atomic E-state index is 11.9. The molecule has 1 aliphatic rings. The van der Waals surface area contributed by atoms with Crippen molar-refractivity contribution in [2.45, 2.75) is 18.9 Å². The lowest BCUT2D eigenvalue weighted by Gasteiger charge is -2.35. The van der Waals surface area contributed by atoms with E-state index in [9.17, 15) is 4.79 Å². The second kappa shape index (κ2) is 9.55. The number of rotatable bonds is 6. The molecule has 1 rings (SSSR count). The molecule has 0 radical (unpaired) electrons. The smallest absolute Gasteiger partial charge is 0.236 e. The number of hydrogen-bond acceptors (Lipinski definition) is 4. The van der Waals surface area contributed by atoms with Gasteiger partial charge in [-0.3, -0.25) is 4.79 Å². The summed E-state index contributed by atoms with van der Waals surface area (Å²) in [4.78, 5) is 16.1. The van der Waals surface area contributed by atoms with Crippen LogP contribution in [-0.2, 0) is 9.53 Å². The van der Waals surface area contributed by atoms with Gasteiger partial charge in [-0.2, -0.15) is 0 Å². The Hall–Kier alpha value is -0.360. The van der Waals surface area contributed by atoms with Crippen molar-refractivity contribution in [3.63, 3.8) is 0 Å². The van der Waals surface area contributed by atoms with Gasteiger partial charge in [0.25, 0.3) is 0 Å². The molecule has 0 bridgehead atoms. The van der Waals surface area contributed by atoms with Crippen molar-refractivity contribution >= 4 is 18.3 Å². The molecule has 0 spiro atoms. The summed E-state index contributed by atoms with van der Waals surface area (Å²) in [6, 6.07) is 0.405. The first-order chi connectivity index (χ1) is 8.15. The number of nitrogens with one attached hydrogen (secondary N) is 1. The normalized spacial score (nSPS) is 17.3. The van der Waals surface area contributed by atoms with Crippen molar-refractivity contribution in [2.24, 2.45) is 0 Å². The summed E-state index contributed by atoms with van der Waals surface area (Å²) in [7, 11) is 5.70. The second-order valence-electron chi connectivity index (χ2n) is 4.71. The Morgan fingerprint density at radius 1 is 1.44 bits per heavy atom. The summed E-state index contributed by atoms with van der Waals surface area (Å²) >= 11 is 0. The van der Waals surface area contributed by atoms with Crippen LogP contribution in [-0.4, -0.2) is 75.7 Å². The van der Waals surface area contributed by atoms with E-state index < -0.39 is 0 Å². The predicted molar refractivity (Wildman–Crippen MR) is 75.3 cm³/mol. The van der Waals surface area contributed by atoms with E-state index in [0.717, 1.165) is 32.5 Å². The zero-order valence-electron chi connectivity index (χ0n) is 11.6. The topological polar surface area (TPSA) is 44.8 Å². The lowest BCUT2D eigenvalue weighted by molar-refractivity contribution is -0.131. The average molecular weight is 280 g/mol. The first-order valence-corrected chi connectivity index (χ1v) is 6.29. The van der Waals surface area contributed by atoms with Gasteiger partial charge in [-0.05, 0) is 33.0 Å². The van der Waals surface area contributed by atoms with Crippen LogP contribution in [0.4, 0.5) is 0 Å². The van der Waals surface area contributed by atoms with Crippen LogP contribution in [0, 0.1) is 0 Å². The minimum atomic E-state index is 0. The number of hydrogen-bond donors (Lipinski definition) is 1. The second-order valence-corrected chi connectivity index (χ2v) is 4.71. The molecule has 0 aromatic carbocycles. The van der Waals surface area contributed by atoms with Crippen LogP contribution < -0.4 is 5.32 Å². The number of piperidine rings is 1. The highest BCUT2D eigenvalue weighted by molar-refractivity contribution is 5.85. The molecule has 1 aliphatic heterocycles. The first-order valence-electron chi connectivity index (χ1n) is 6.29. The van der Waals surface area contributed by atoms with E-state index in [1.807, 2.05) is 11.9 Å². The van der Waals surface area contributed by atoms with Gasteiger partial charge in [-0.25, -0.2) is 0 Å². The zero-order valence-corrected chi connectivity index (χ0v) is 12.5. The highest BCUT2D eigenvalue weighted by atomic mass is 35.5. The van der Waals surface area contributed by atoms with Crippen LogP contribution in [0.1, 0.15) is 12.8 Å². The standard InChI is InChI=1S/C12H25N3O2.ClH/c1-14-7-4-11(5-8-14)15(2)12(16)10-13-6-9-17-3;/h11,13H,4-10H2,1-3H3;1H. The van der Waals surface area contributed by atoms with Gasteiger partial charge in [0.15, 0.2) is 0 Å². The third-order valence-electron chi connectivity index (χ3n) is 3.39. The molecular formula is C12H26ClN3O2. The molecule has 1 amide bonds. The van der Waals surface area contributed by atoms with Crippen LogP contribution in [0.25, 0.3) is 0 Å². The molecule has 1 fully saturated rings. The van der Waals surface area contributed by atoms with Crippen molar-refractivity contribution in [2.75, 3.05) is 54.0 Å². The molecule has 1 saturated heterocycles. The summed E-state index contributed by atoms with van der Waals surface area (Å²) in [5.41, 5.74) is 0. The van der Waals surface area contributed by atoms with E-state index in [2.05, 4.69) is 17.3 Å². The van der Waals surface area contributed by atoms with Crippen LogP contribution in [0.5, 0.6) is 0 Å². The number of carbonyl (C=O) groups excluding carboxylic acids is 1. The highest BCUT2D eigenvalue weighted by Gasteiger charge is 2.23. The predicted octanol–water partition coefficient (Wildman–Crippen LogP) is 0.197. The summed E-state index contributed by atoms with van der Waals surface area (Å²) in [6.45, 7) is 3.94. The Morgan fingerprint density at radius 3 is 2.61 bits per heavy atom. The van der Waals surface area contributed by atoms with E-state index in [0.29, 0.717) is 19.2 Å². The fraction of sp³-hybridized carbons (Fsp3) is 0.917. The SMILES string of the molecule is COCCNCC(=O)N(C)C1CCN(C)CC1.Cl. The van der Waals surface area contributed by atoms with Gasteiger partial charge in [0.1, 0.15) is 0 Å². The molecule has 0 aromatic rings. The Bertz CT molecular complexity index is 233. The Kier molecular flexibility index (Phi) is 9.36. The first kappa shape index (κ1) is 17.6. The van der Waals surface area contributed by atoms with E-state index >= 15 is 0 Å². The number of ether oxygens (including phenoxy) is 1. The van der Waals surface area contributed by atoms with E-state index in [4.69, 9.17) is 4.74 Å². The van der Waals surface area contributed by atoms with E-state index in [1.54, 1.807) is 7.11 Å². The third kappa shape index (κ3) is 6.00. The minimum absolute atomic E-state index is 0. The van der Waals surface area contributed by atoms with Gasteiger partial charge in [0, 0.05) is 26.7 Å². The average Bonchev–Trinajstić information content (AvgIpc) is 2.34. The third-order valence-corrected chi connectivity index (χ3v) is 3.39. The molecular weight excluding hydrogens is 254 g/mol. The fourth-order valence-corrected chi connectivity index (χ4v) is 2.08. The number of likely N-dealkylation sites (N-methyl/N-ethyl adjacent to an activating group) is 1. The lowest BCUT2D eigenvalue weighted by Crippen LogP contribution is -2.47. The van der Waals surface area contributed by atoms with Gasteiger partial charge >= 0.3 is 0 Å². The fourth-order valence-electron chi connectivity index (χ4n) is 2.08. The molecule has 6 heteroatoms. The van der Waals surface area contributed by atoms with Crippen molar-refractivity contribution in [1.29, 1.82) is 0 Å². The highest BCUT2D eigenvalue weighted by Crippen LogP contribution is 2.13. The molecule has 1 N–H and O–H groups in total. The summed E-state index contributed by atoms with van der Waals surface area (Å²) in [5.74, 6) is 0.177. The van der Waals surface area contributed by atoms with Crippen molar-refractivity contribution in [3.8, 4) is 0 Å². The molecule has 108 valence electrons. The maximum Gasteiger partial charge on any atom is 0.236 e. The van der Waals surface area contributed by atoms with E-state index in [-0.39, 0.29) is 18.3 Å². The Balaban J connectivity index is 0.00000289. The molecule has 0 atom stereocenters. The van der Waals surface area contributed by atoms with Gasteiger partial charge in [0.2, 0.25) is 5.91 Å². The summed E-state index contributed by atoms with van der Waals surface area (Å²) in [5, 5.41) is 3.09. The summed E-state index contributed by atoms with van der Waals surface area (Å²) in [6.07, 6.45) is 2.16. The largest absolute Gasteiger partial charge is 0.383 e. The summed E-state index contributed by atoms with van der Waals surface area (Å²) < 4.78 is 4.92. The van der Waals surface area contributed by atoms with Gasteiger partial charge in [-0.15, -0.1) is 12.4 Å². The molecule has 18 heavy (non-hydrogen) atoms. The lowest BCUT2D eigenvalue weighted by atomic mass is 10.0. The number of nitrogens with zero attached hydrogens (tertiary/aromatic N) is 2. The van der Waals surface area contributed by atoms with E-state index in [1.165, 1.54) is 0 Å². The van der Waals surface area contributed by atoms with Crippen molar-refractivity contribution in [1.82, 2.24) is 15.1 Å². The molecule has 0 saturated carbocycles. The quantitative estimate of drug-likeness (QED) is 0.706. The maximum atomic E-state index is 11.9. The number of methoxy groups -OCH3 is 1. The van der Waals surface area contributed by atoms with Gasteiger partial charge in [-0.1, -0.05) is 0 Å². The number of likely N-dealkylation sites (tertiary alicyclic amines) is 1. The molecule has 0 unspecified atom stereocenters. The Morgan fingerprint density at radius 2 is 2.06 bits per heavy atom.